The number of ether oxygens (including phenoxy) is 1. The highest BCUT2D eigenvalue weighted by molar-refractivity contribution is 6.18. The van der Waals surface area contributed by atoms with Crippen molar-refractivity contribution >= 4 is 41.0 Å². The quantitative estimate of drug-likeness (QED) is 0.447. The number of amides is 1. The molecule has 0 saturated carbocycles. The van der Waals surface area contributed by atoms with Gasteiger partial charge in [-0.1, -0.05) is 36.4 Å². The van der Waals surface area contributed by atoms with Gasteiger partial charge in [0.2, 0.25) is 0 Å². The van der Waals surface area contributed by atoms with Crippen molar-refractivity contribution in [3.05, 3.63) is 65.2 Å². The minimum Gasteiger partial charge on any atom is -0.481 e. The Bertz CT molecular complexity index is 843. The van der Waals surface area contributed by atoms with Crippen LogP contribution in [0.3, 0.4) is 0 Å². The zero-order chi connectivity index (χ0) is 22.6. The van der Waals surface area contributed by atoms with Crippen LogP contribution in [0.5, 0.6) is 0 Å². The van der Waals surface area contributed by atoms with Gasteiger partial charge in [-0.15, -0.1) is 23.2 Å². The summed E-state index contributed by atoms with van der Waals surface area (Å²) in [6, 6.07) is 14.7. The monoisotopic (exact) mass is 466 g/mol. The molecular weight excluding hydrogens is 439 g/mol. The summed E-state index contributed by atoms with van der Waals surface area (Å²) >= 11 is 11.8. The number of hydrogen-bond acceptors (Lipinski definition) is 4. The summed E-state index contributed by atoms with van der Waals surface area (Å²) in [6.07, 6.45) is -0.492. The van der Waals surface area contributed by atoms with Crippen LogP contribution in [0.15, 0.2) is 48.5 Å². The van der Waals surface area contributed by atoms with Gasteiger partial charge in [-0.05, 0) is 42.2 Å². The van der Waals surface area contributed by atoms with E-state index < -0.39 is 18.1 Å². The Morgan fingerprint density at radius 2 is 1.77 bits per heavy atom. The molecule has 2 aromatic rings. The number of nitrogens with one attached hydrogen (secondary N) is 1. The zero-order valence-electron chi connectivity index (χ0n) is 17.5. The number of hydrogen-bond donors (Lipinski definition) is 2. The Kier molecular flexibility index (Phi) is 10.5. The lowest BCUT2D eigenvalue weighted by Crippen LogP contribution is -2.38. The van der Waals surface area contributed by atoms with Crippen LogP contribution >= 0.6 is 23.2 Å². The highest BCUT2D eigenvalue weighted by Gasteiger charge is 2.19. The molecule has 2 rings (SSSR count). The number of carbonyl (C=O) groups excluding carboxylic acids is 1. The van der Waals surface area contributed by atoms with Gasteiger partial charge in [0.25, 0.3) is 0 Å². The molecule has 1 atom stereocenters. The molecule has 0 saturated heterocycles. The second kappa shape index (κ2) is 13.1. The molecule has 0 aliphatic carbocycles. The number of benzene rings is 2. The lowest BCUT2D eigenvalue weighted by Gasteiger charge is -2.25. The SMILES string of the molecule is Cc1ccc(N(CCCl)CCCl)cc1CC(CC(=O)O)NC(=O)OCc1ccccc1. The molecule has 0 bridgehead atoms. The predicted molar refractivity (Wildman–Crippen MR) is 124 cm³/mol. The molecule has 31 heavy (non-hydrogen) atoms. The van der Waals surface area contributed by atoms with E-state index >= 15 is 0 Å². The third-order valence-corrected chi connectivity index (χ3v) is 5.17. The molecule has 168 valence electrons. The van der Waals surface area contributed by atoms with Gasteiger partial charge >= 0.3 is 12.1 Å². The fraction of sp³-hybridized carbons (Fsp3) is 0.391. The Hall–Kier alpha value is -2.44. The van der Waals surface area contributed by atoms with E-state index in [0.717, 1.165) is 22.4 Å². The molecule has 0 spiro atoms. The maximum Gasteiger partial charge on any atom is 0.407 e. The largest absolute Gasteiger partial charge is 0.481 e. The second-order valence-electron chi connectivity index (χ2n) is 7.18. The molecule has 1 unspecified atom stereocenters. The van der Waals surface area contributed by atoms with Crippen LogP contribution in [-0.4, -0.2) is 48.1 Å². The molecule has 0 aromatic heterocycles. The number of rotatable bonds is 12. The summed E-state index contributed by atoms with van der Waals surface area (Å²) in [5.41, 5.74) is 3.77. The average Bonchev–Trinajstić information content (AvgIpc) is 2.74. The number of aliphatic carboxylic acids is 1. The number of aryl methyl sites for hydroxylation is 1. The average molecular weight is 467 g/mol. The third-order valence-electron chi connectivity index (χ3n) is 4.83. The summed E-state index contributed by atoms with van der Waals surface area (Å²) in [4.78, 5) is 25.7. The number of nitrogens with zero attached hydrogens (tertiary/aromatic N) is 1. The number of anilines is 1. The van der Waals surface area contributed by atoms with E-state index in [9.17, 15) is 14.7 Å². The lowest BCUT2D eigenvalue weighted by atomic mass is 9.98. The van der Waals surface area contributed by atoms with Crippen molar-refractivity contribution in [2.75, 3.05) is 29.7 Å². The van der Waals surface area contributed by atoms with Gasteiger partial charge in [0.15, 0.2) is 0 Å². The van der Waals surface area contributed by atoms with Crippen LogP contribution in [0.1, 0.15) is 23.1 Å². The van der Waals surface area contributed by atoms with E-state index in [1.54, 1.807) is 0 Å². The molecule has 2 N–H and O–H groups in total. The van der Waals surface area contributed by atoms with Crippen LogP contribution in [-0.2, 0) is 22.6 Å². The maximum atomic E-state index is 12.3. The van der Waals surface area contributed by atoms with Crippen molar-refractivity contribution < 1.29 is 19.4 Å². The first-order valence-electron chi connectivity index (χ1n) is 10.1. The van der Waals surface area contributed by atoms with Crippen molar-refractivity contribution in [2.45, 2.75) is 32.4 Å². The van der Waals surface area contributed by atoms with Crippen molar-refractivity contribution in [2.24, 2.45) is 0 Å². The fourth-order valence-electron chi connectivity index (χ4n) is 3.23. The maximum absolute atomic E-state index is 12.3. The lowest BCUT2D eigenvalue weighted by molar-refractivity contribution is -0.137. The second-order valence-corrected chi connectivity index (χ2v) is 7.94. The minimum absolute atomic E-state index is 0.118. The van der Waals surface area contributed by atoms with Gasteiger partial charge in [-0.3, -0.25) is 4.79 Å². The summed E-state index contributed by atoms with van der Waals surface area (Å²) < 4.78 is 5.25. The molecule has 2 aromatic carbocycles. The molecule has 8 heteroatoms. The number of carboxylic acids is 1. The Morgan fingerprint density at radius 1 is 1.10 bits per heavy atom. The van der Waals surface area contributed by atoms with E-state index in [-0.39, 0.29) is 13.0 Å². The summed E-state index contributed by atoms with van der Waals surface area (Å²) in [5.74, 6) is -0.0549. The van der Waals surface area contributed by atoms with Gasteiger partial charge < -0.3 is 20.1 Å². The van der Waals surface area contributed by atoms with Gasteiger partial charge in [-0.2, -0.15) is 0 Å². The number of carboxylic acid groups (broad SMARTS) is 1. The molecule has 0 heterocycles. The Morgan fingerprint density at radius 3 is 2.39 bits per heavy atom. The van der Waals surface area contributed by atoms with Gasteiger partial charge in [0.05, 0.1) is 6.42 Å². The van der Waals surface area contributed by atoms with Gasteiger partial charge in [0.1, 0.15) is 6.61 Å². The van der Waals surface area contributed by atoms with Gasteiger partial charge in [0, 0.05) is 36.6 Å². The normalized spacial score (nSPS) is 11.6. The third kappa shape index (κ3) is 8.67. The number of halogens is 2. The van der Waals surface area contributed by atoms with E-state index in [4.69, 9.17) is 27.9 Å². The van der Waals surface area contributed by atoms with Crippen LogP contribution in [0.25, 0.3) is 0 Å². The molecule has 6 nitrogen and oxygen atoms in total. The first-order chi connectivity index (χ1) is 14.9. The molecule has 0 aliphatic heterocycles. The fourth-order valence-corrected chi connectivity index (χ4v) is 3.64. The van der Waals surface area contributed by atoms with E-state index in [1.807, 2.05) is 55.5 Å². The molecule has 0 radical (unpaired) electrons. The van der Waals surface area contributed by atoms with Crippen LogP contribution in [0, 0.1) is 6.92 Å². The number of alkyl halides is 2. The van der Waals surface area contributed by atoms with Crippen molar-refractivity contribution in [1.82, 2.24) is 5.32 Å². The minimum atomic E-state index is -0.993. The molecule has 0 aliphatic rings. The highest BCUT2D eigenvalue weighted by Crippen LogP contribution is 2.21. The molecular formula is C23H28Cl2N2O4. The zero-order valence-corrected chi connectivity index (χ0v) is 19.0. The van der Waals surface area contributed by atoms with Crippen molar-refractivity contribution in [1.29, 1.82) is 0 Å². The van der Waals surface area contributed by atoms with E-state index in [1.165, 1.54) is 0 Å². The standard InChI is InChI=1S/C23H28Cl2N2O4/c1-17-7-8-21(27(11-9-24)12-10-25)14-19(17)13-20(15-22(28)29)26-23(30)31-16-18-5-3-2-4-6-18/h2-8,14,20H,9-13,15-16H2,1H3,(H,26,30)(H,28,29). The van der Waals surface area contributed by atoms with Crippen LogP contribution < -0.4 is 10.2 Å². The first-order valence-corrected chi connectivity index (χ1v) is 11.1. The smallest absolute Gasteiger partial charge is 0.407 e. The van der Waals surface area contributed by atoms with E-state index in [2.05, 4.69) is 10.2 Å². The Balaban J connectivity index is 2.09. The van der Waals surface area contributed by atoms with Crippen LogP contribution in [0.4, 0.5) is 10.5 Å². The van der Waals surface area contributed by atoms with Crippen molar-refractivity contribution in [3.8, 4) is 0 Å². The van der Waals surface area contributed by atoms with E-state index in [0.29, 0.717) is 31.3 Å². The topological polar surface area (TPSA) is 78.9 Å². The van der Waals surface area contributed by atoms with Crippen LogP contribution in [0.2, 0.25) is 0 Å². The summed E-state index contributed by atoms with van der Waals surface area (Å²) in [7, 11) is 0. The predicted octanol–water partition coefficient (Wildman–Crippen LogP) is 4.59. The number of alkyl carbamates (subject to hydrolysis) is 1. The first kappa shape index (κ1) is 24.8. The van der Waals surface area contributed by atoms with Crippen molar-refractivity contribution in [3.63, 3.8) is 0 Å². The highest BCUT2D eigenvalue weighted by atomic mass is 35.5. The number of carbonyl (C=O) groups is 2. The summed E-state index contributed by atoms with van der Waals surface area (Å²) in [5, 5.41) is 12.0. The molecule has 0 fully saturated rings. The summed E-state index contributed by atoms with van der Waals surface area (Å²) in [6.45, 7) is 3.38. The molecule has 1 amide bonds. The Labute approximate surface area is 193 Å². The van der Waals surface area contributed by atoms with Gasteiger partial charge in [-0.25, -0.2) is 4.79 Å².